The van der Waals surface area contributed by atoms with Crippen molar-refractivity contribution < 1.29 is 15.0 Å². The molecule has 2 unspecified atom stereocenters. The molecule has 0 rings (SSSR count). The van der Waals surface area contributed by atoms with Gasteiger partial charge in [-0.05, 0) is 38.5 Å². The van der Waals surface area contributed by atoms with Crippen molar-refractivity contribution in [2.75, 3.05) is 6.61 Å². The Balaban J connectivity index is 3.36. The predicted molar refractivity (Wildman–Crippen MR) is 336 cm³/mol. The predicted octanol–water partition coefficient (Wildman–Crippen LogP) is 24.0. The minimum absolute atomic E-state index is 0.0214. The molecule has 0 aliphatic carbocycles. The van der Waals surface area contributed by atoms with Gasteiger partial charge in [0, 0.05) is 6.42 Å². The van der Waals surface area contributed by atoms with E-state index < -0.39 is 12.1 Å². The second-order valence-corrected chi connectivity index (χ2v) is 24.7. The van der Waals surface area contributed by atoms with Gasteiger partial charge in [-0.3, -0.25) is 4.79 Å². The molecule has 2 atom stereocenters. The van der Waals surface area contributed by atoms with E-state index in [2.05, 4.69) is 31.3 Å². The Labute approximate surface area is 473 Å². The van der Waals surface area contributed by atoms with Crippen LogP contribution in [0.5, 0.6) is 0 Å². The number of carbonyl (C=O) groups excluding carboxylic acids is 1. The Bertz CT molecular complexity index is 1060. The molecule has 0 fully saturated rings. The maximum Gasteiger partial charge on any atom is 0.220 e. The van der Waals surface area contributed by atoms with Gasteiger partial charge in [0.05, 0.1) is 18.8 Å². The minimum atomic E-state index is -0.658. The van der Waals surface area contributed by atoms with E-state index in [9.17, 15) is 15.0 Å². The topological polar surface area (TPSA) is 69.6 Å². The van der Waals surface area contributed by atoms with E-state index >= 15 is 0 Å². The summed E-state index contributed by atoms with van der Waals surface area (Å²) < 4.78 is 0. The molecule has 0 spiro atoms. The van der Waals surface area contributed by atoms with Crippen LogP contribution >= 0.6 is 0 Å². The number of hydrogen-bond acceptors (Lipinski definition) is 3. The lowest BCUT2D eigenvalue weighted by Gasteiger charge is -2.22. The fraction of sp³-hybridized carbons (Fsp3) is 0.958. The van der Waals surface area contributed by atoms with Gasteiger partial charge in [-0.25, -0.2) is 0 Å². The molecule has 0 aromatic rings. The number of nitrogens with one attached hydrogen (secondary N) is 1. The monoisotopic (exact) mass is 1060 g/mol. The molecule has 0 radical (unpaired) electrons. The molecule has 3 N–H and O–H groups in total. The average molecular weight is 1060 g/mol. The van der Waals surface area contributed by atoms with E-state index in [0.29, 0.717) is 12.8 Å². The zero-order valence-corrected chi connectivity index (χ0v) is 51.9. The highest BCUT2D eigenvalue weighted by Gasteiger charge is 2.20. The van der Waals surface area contributed by atoms with Crippen LogP contribution in [0, 0.1) is 0 Å². The summed E-state index contributed by atoms with van der Waals surface area (Å²) in [6.45, 7) is 4.42. The summed E-state index contributed by atoms with van der Waals surface area (Å²) in [6.07, 6.45) is 90.0. The van der Waals surface area contributed by atoms with Crippen LogP contribution in [0.1, 0.15) is 418 Å². The zero-order valence-electron chi connectivity index (χ0n) is 51.9. The summed E-state index contributed by atoms with van der Waals surface area (Å²) in [7, 11) is 0. The van der Waals surface area contributed by atoms with Gasteiger partial charge in [0.15, 0.2) is 0 Å². The first-order valence-corrected chi connectivity index (χ1v) is 35.4. The normalized spacial score (nSPS) is 12.6. The molecule has 0 saturated heterocycles. The number of carbonyl (C=O) groups is 1. The SMILES string of the molecule is CCCCCCCCCCCCCCCCCCCC/C=C\CCCCCCCCCCCCCCCCCCCC(=O)NC(CO)C(O)CCCCCCCCCCCCCCCCCCCCCCCCCC. The molecule has 0 aromatic heterocycles. The van der Waals surface area contributed by atoms with Crippen LogP contribution in [0.15, 0.2) is 12.2 Å². The second-order valence-electron chi connectivity index (χ2n) is 24.7. The van der Waals surface area contributed by atoms with Crippen molar-refractivity contribution in [1.29, 1.82) is 0 Å². The highest BCUT2D eigenvalue weighted by Crippen LogP contribution is 2.20. The molecule has 0 aliphatic rings. The van der Waals surface area contributed by atoms with Crippen molar-refractivity contribution in [1.82, 2.24) is 5.32 Å². The molecule has 75 heavy (non-hydrogen) atoms. The third-order valence-corrected chi connectivity index (χ3v) is 17.0. The number of allylic oxidation sites excluding steroid dienone is 2. The number of hydrogen-bond donors (Lipinski definition) is 3. The first-order chi connectivity index (χ1) is 37.2. The van der Waals surface area contributed by atoms with Gasteiger partial charge in [0.25, 0.3) is 0 Å². The Morgan fingerprint density at radius 2 is 0.507 bits per heavy atom. The van der Waals surface area contributed by atoms with E-state index in [0.717, 1.165) is 25.7 Å². The Hall–Kier alpha value is -0.870. The van der Waals surface area contributed by atoms with Gasteiger partial charge >= 0.3 is 0 Å². The molecule has 0 saturated carbocycles. The molecule has 0 heterocycles. The fourth-order valence-corrected chi connectivity index (χ4v) is 11.7. The minimum Gasteiger partial charge on any atom is -0.394 e. The van der Waals surface area contributed by atoms with Gasteiger partial charge in [0.2, 0.25) is 5.91 Å². The maximum atomic E-state index is 12.6. The van der Waals surface area contributed by atoms with Crippen molar-refractivity contribution in [3.05, 3.63) is 12.2 Å². The quantitative estimate of drug-likeness (QED) is 0.0420. The van der Waals surface area contributed by atoms with Crippen LogP contribution in [0.2, 0.25) is 0 Å². The van der Waals surface area contributed by atoms with Gasteiger partial charge in [-0.2, -0.15) is 0 Å². The second kappa shape index (κ2) is 67.4. The summed E-state index contributed by atoms with van der Waals surface area (Å²) in [5, 5.41) is 23.5. The Morgan fingerprint density at radius 1 is 0.307 bits per heavy atom. The smallest absolute Gasteiger partial charge is 0.220 e. The van der Waals surface area contributed by atoms with E-state index in [-0.39, 0.29) is 12.5 Å². The van der Waals surface area contributed by atoms with E-state index in [4.69, 9.17) is 0 Å². The van der Waals surface area contributed by atoms with Crippen LogP contribution in [-0.4, -0.2) is 34.9 Å². The number of amides is 1. The van der Waals surface area contributed by atoms with Crippen molar-refractivity contribution in [3.63, 3.8) is 0 Å². The van der Waals surface area contributed by atoms with E-state index in [1.807, 2.05) is 0 Å². The molecule has 1 amide bonds. The fourth-order valence-electron chi connectivity index (χ4n) is 11.7. The molecule has 0 aromatic carbocycles. The third-order valence-electron chi connectivity index (χ3n) is 17.0. The van der Waals surface area contributed by atoms with E-state index in [1.54, 1.807) is 0 Å². The molecule has 0 aliphatic heterocycles. The third kappa shape index (κ3) is 63.8. The van der Waals surface area contributed by atoms with Crippen LogP contribution in [0.25, 0.3) is 0 Å². The highest BCUT2D eigenvalue weighted by molar-refractivity contribution is 5.76. The largest absolute Gasteiger partial charge is 0.394 e. The Morgan fingerprint density at radius 3 is 0.733 bits per heavy atom. The number of rotatable bonds is 67. The summed E-state index contributed by atoms with van der Waals surface area (Å²) in [5.74, 6) is -0.0214. The van der Waals surface area contributed by atoms with Crippen LogP contribution in [-0.2, 0) is 4.79 Å². The van der Waals surface area contributed by atoms with Gasteiger partial charge in [0.1, 0.15) is 0 Å². The van der Waals surface area contributed by atoms with E-state index in [1.165, 1.54) is 366 Å². The summed E-state index contributed by atoms with van der Waals surface area (Å²) in [5.41, 5.74) is 0. The summed E-state index contributed by atoms with van der Waals surface area (Å²) in [6, 6.07) is -0.534. The first-order valence-electron chi connectivity index (χ1n) is 35.4. The maximum absolute atomic E-state index is 12.6. The molecule has 4 nitrogen and oxygen atoms in total. The molecular formula is C71H141NO3. The van der Waals surface area contributed by atoms with Gasteiger partial charge in [-0.15, -0.1) is 0 Å². The first kappa shape index (κ1) is 74.1. The summed E-state index contributed by atoms with van der Waals surface area (Å²) >= 11 is 0. The molecular weight excluding hydrogens is 915 g/mol. The molecule has 0 bridgehead atoms. The molecule has 448 valence electrons. The van der Waals surface area contributed by atoms with Gasteiger partial charge in [-0.1, -0.05) is 386 Å². The van der Waals surface area contributed by atoms with Crippen LogP contribution in [0.3, 0.4) is 0 Å². The van der Waals surface area contributed by atoms with Gasteiger partial charge < -0.3 is 15.5 Å². The summed E-state index contributed by atoms with van der Waals surface area (Å²) in [4.78, 5) is 12.6. The Kier molecular flexibility index (Phi) is 66.6. The molecule has 4 heteroatoms. The highest BCUT2D eigenvalue weighted by atomic mass is 16.3. The lowest BCUT2D eigenvalue weighted by atomic mass is 10.0. The van der Waals surface area contributed by atoms with Crippen molar-refractivity contribution in [2.24, 2.45) is 0 Å². The number of aliphatic hydroxyl groups excluding tert-OH is 2. The number of aliphatic hydroxyl groups is 2. The van der Waals surface area contributed by atoms with Crippen LogP contribution < -0.4 is 5.32 Å². The van der Waals surface area contributed by atoms with Crippen molar-refractivity contribution in [2.45, 2.75) is 431 Å². The van der Waals surface area contributed by atoms with Crippen LogP contribution in [0.4, 0.5) is 0 Å². The lowest BCUT2D eigenvalue weighted by molar-refractivity contribution is -0.123. The van der Waals surface area contributed by atoms with Crippen molar-refractivity contribution in [3.8, 4) is 0 Å². The number of unbranched alkanes of at least 4 members (excludes halogenated alkanes) is 58. The average Bonchev–Trinajstić information content (AvgIpc) is 3.41. The zero-order chi connectivity index (χ0) is 54.1. The standard InChI is InChI=1S/C71H141NO3/c1-3-5-7-9-11-13-15-17-19-21-23-25-27-29-30-31-32-33-34-35-36-37-38-39-40-41-42-43-45-47-49-51-53-55-57-59-61-63-65-67-71(75)72-69(68-73)70(74)66-64-62-60-58-56-54-52-50-48-46-44-28-26-24-22-20-18-16-14-12-10-8-6-4-2/h35-36,69-70,73-74H,3-34,37-68H2,1-2H3,(H,72,75)/b36-35-. The van der Waals surface area contributed by atoms with Crippen molar-refractivity contribution >= 4 is 5.91 Å². The lowest BCUT2D eigenvalue weighted by Crippen LogP contribution is -2.45.